The van der Waals surface area contributed by atoms with Crippen LogP contribution in [0.1, 0.15) is 60.3 Å². The Hall–Kier alpha value is -2.78. The molecule has 1 unspecified atom stereocenters. The molecule has 2 aromatic carbocycles. The molecule has 1 aliphatic heterocycles. The number of sulfonamides is 1. The Kier molecular flexibility index (Phi) is 6.54. The van der Waals surface area contributed by atoms with Crippen LogP contribution in [-0.2, 0) is 16.6 Å². The first kappa shape index (κ1) is 23.4. The maximum absolute atomic E-state index is 15.1. The summed E-state index contributed by atoms with van der Waals surface area (Å²) in [5.74, 6) is -1.35. The number of rotatable bonds is 6. The van der Waals surface area contributed by atoms with Gasteiger partial charge in [-0.15, -0.1) is 0 Å². The first-order valence-electron chi connectivity index (χ1n) is 10.8. The smallest absolute Gasteiger partial charge is 0.254 e. The van der Waals surface area contributed by atoms with E-state index in [-0.39, 0.29) is 29.6 Å². The molecule has 0 aliphatic carbocycles. The molecule has 1 aliphatic rings. The fourth-order valence-corrected chi connectivity index (χ4v) is 6.49. The van der Waals surface area contributed by atoms with E-state index in [1.807, 2.05) is 6.07 Å². The summed E-state index contributed by atoms with van der Waals surface area (Å²) >= 11 is 0. The number of hydrogen-bond donors (Lipinski definition) is 0. The number of methoxy groups -OCH3 is 1. The van der Waals surface area contributed by atoms with E-state index in [4.69, 9.17) is 9.26 Å². The molecule has 9 heteroatoms. The lowest BCUT2D eigenvalue weighted by Gasteiger charge is -2.37. The van der Waals surface area contributed by atoms with Crippen LogP contribution in [0, 0.1) is 11.6 Å². The number of benzene rings is 2. The average Bonchev–Trinajstić information content (AvgIpc) is 3.28. The van der Waals surface area contributed by atoms with Gasteiger partial charge in [-0.25, -0.2) is 17.2 Å². The maximum atomic E-state index is 15.1. The van der Waals surface area contributed by atoms with Gasteiger partial charge in [0.15, 0.2) is 0 Å². The molecule has 0 saturated carbocycles. The summed E-state index contributed by atoms with van der Waals surface area (Å²) in [6.07, 6.45) is 1.11. The highest BCUT2D eigenvalue weighted by molar-refractivity contribution is 7.89. The summed E-state index contributed by atoms with van der Waals surface area (Å²) in [6, 6.07) is 12.4. The number of hydrogen-bond acceptors (Lipinski definition) is 5. The lowest BCUT2D eigenvalue weighted by atomic mass is 9.96. The van der Waals surface area contributed by atoms with Crippen molar-refractivity contribution in [3.8, 4) is 5.88 Å². The second-order valence-electron chi connectivity index (χ2n) is 8.37. The predicted octanol–water partition coefficient (Wildman–Crippen LogP) is 5.17. The number of aromatic nitrogens is 1. The molecule has 4 rings (SSSR count). The zero-order chi connectivity index (χ0) is 23.8. The fourth-order valence-electron chi connectivity index (χ4n) is 4.30. The highest BCUT2D eigenvalue weighted by Crippen LogP contribution is 2.38. The van der Waals surface area contributed by atoms with Crippen molar-refractivity contribution in [1.29, 1.82) is 0 Å². The van der Waals surface area contributed by atoms with Crippen molar-refractivity contribution >= 4 is 10.0 Å². The second-order valence-corrected chi connectivity index (χ2v) is 10.4. The van der Waals surface area contributed by atoms with E-state index in [0.717, 1.165) is 12.1 Å². The van der Waals surface area contributed by atoms with E-state index in [1.54, 1.807) is 38.1 Å². The summed E-state index contributed by atoms with van der Waals surface area (Å²) in [6.45, 7) is 3.22. The van der Waals surface area contributed by atoms with E-state index in [2.05, 4.69) is 5.16 Å². The van der Waals surface area contributed by atoms with Crippen molar-refractivity contribution in [3.05, 3.63) is 82.6 Å². The Labute approximate surface area is 192 Å². The maximum Gasteiger partial charge on any atom is 0.254 e. The Balaban J connectivity index is 1.62. The minimum absolute atomic E-state index is 0.0114. The standard InChI is InChI=1S/C24H26F2N2O4S/c1-15-9-10-23(17-7-5-4-6-8-17)33(29,30)28(15)14-18-11-21(26)19(12-20(18)25)16(2)22-13-24(31-3)27-32-22/h4-8,11-13,15-16,23H,9-10,14H2,1-3H3/t15-,16?,23+/m0/s1. The van der Waals surface area contributed by atoms with Crippen LogP contribution in [0.3, 0.4) is 0 Å². The molecule has 3 atom stereocenters. The van der Waals surface area contributed by atoms with Crippen LogP contribution in [-0.4, -0.2) is 31.0 Å². The molecule has 2 heterocycles. The van der Waals surface area contributed by atoms with E-state index in [9.17, 15) is 8.42 Å². The van der Waals surface area contributed by atoms with Crippen LogP contribution in [0.5, 0.6) is 5.88 Å². The minimum atomic E-state index is -3.76. The third-order valence-electron chi connectivity index (χ3n) is 6.30. The van der Waals surface area contributed by atoms with Gasteiger partial charge in [0, 0.05) is 35.7 Å². The summed E-state index contributed by atoms with van der Waals surface area (Å²) < 4.78 is 68.3. The quantitative estimate of drug-likeness (QED) is 0.491. The number of ether oxygens (including phenoxy) is 1. The number of halogens is 2. The van der Waals surface area contributed by atoms with Crippen LogP contribution in [0.15, 0.2) is 53.1 Å². The van der Waals surface area contributed by atoms with Crippen molar-refractivity contribution in [2.24, 2.45) is 0 Å². The third-order valence-corrected chi connectivity index (χ3v) is 8.67. The molecule has 33 heavy (non-hydrogen) atoms. The van der Waals surface area contributed by atoms with Crippen molar-refractivity contribution in [1.82, 2.24) is 9.46 Å². The molecule has 6 nitrogen and oxygen atoms in total. The minimum Gasteiger partial charge on any atom is -0.479 e. The second kappa shape index (κ2) is 9.23. The van der Waals surface area contributed by atoms with Gasteiger partial charge < -0.3 is 9.26 Å². The number of nitrogens with zero attached hydrogens (tertiary/aromatic N) is 2. The monoisotopic (exact) mass is 476 g/mol. The van der Waals surface area contributed by atoms with E-state index in [0.29, 0.717) is 24.2 Å². The van der Waals surface area contributed by atoms with Gasteiger partial charge in [-0.05, 0) is 42.6 Å². The molecule has 3 aromatic rings. The lowest BCUT2D eigenvalue weighted by Crippen LogP contribution is -2.44. The molecule has 0 amide bonds. The highest BCUT2D eigenvalue weighted by Gasteiger charge is 2.40. The zero-order valence-corrected chi connectivity index (χ0v) is 19.5. The molecular formula is C24H26F2N2O4S. The van der Waals surface area contributed by atoms with Gasteiger partial charge in [-0.3, -0.25) is 0 Å². The zero-order valence-electron chi connectivity index (χ0n) is 18.7. The van der Waals surface area contributed by atoms with Crippen LogP contribution in [0.4, 0.5) is 8.78 Å². The summed E-state index contributed by atoms with van der Waals surface area (Å²) in [4.78, 5) is 0. The van der Waals surface area contributed by atoms with Gasteiger partial charge in [-0.1, -0.05) is 37.3 Å². The molecule has 1 saturated heterocycles. The predicted molar refractivity (Wildman–Crippen MR) is 119 cm³/mol. The Morgan fingerprint density at radius 2 is 1.88 bits per heavy atom. The van der Waals surface area contributed by atoms with Crippen LogP contribution in [0.2, 0.25) is 0 Å². The molecule has 176 valence electrons. The molecule has 1 fully saturated rings. The van der Waals surface area contributed by atoms with E-state index in [1.165, 1.54) is 17.5 Å². The normalized spacial score (nSPS) is 21.6. The lowest BCUT2D eigenvalue weighted by molar-refractivity contribution is 0.278. The molecule has 0 N–H and O–H groups in total. The molecule has 0 bridgehead atoms. The summed E-state index contributed by atoms with van der Waals surface area (Å²) in [5.41, 5.74) is 0.780. The topological polar surface area (TPSA) is 72.6 Å². The van der Waals surface area contributed by atoms with Crippen molar-refractivity contribution in [2.45, 2.75) is 50.4 Å². The first-order valence-corrected chi connectivity index (χ1v) is 12.3. The van der Waals surface area contributed by atoms with Gasteiger partial charge in [0.05, 0.1) is 7.11 Å². The van der Waals surface area contributed by atoms with E-state index < -0.39 is 32.8 Å². The fraction of sp³-hybridized carbons (Fsp3) is 0.375. The summed E-state index contributed by atoms with van der Waals surface area (Å²) in [7, 11) is -2.33. The molecule has 1 aromatic heterocycles. The Bertz CT molecular complexity index is 1230. The molecule has 0 spiro atoms. The SMILES string of the molecule is COc1cc(C(C)c2cc(F)c(CN3[C@@H](C)CC[C@H](c4ccccc4)S3(=O)=O)cc2F)on1. The van der Waals surface area contributed by atoms with Crippen LogP contribution in [0.25, 0.3) is 0 Å². The van der Waals surface area contributed by atoms with Gasteiger partial charge >= 0.3 is 0 Å². The molecular weight excluding hydrogens is 450 g/mol. The van der Waals surface area contributed by atoms with Gasteiger partial charge in [0.1, 0.15) is 22.6 Å². The average molecular weight is 477 g/mol. The molecule has 0 radical (unpaired) electrons. The third kappa shape index (κ3) is 4.52. The largest absolute Gasteiger partial charge is 0.479 e. The van der Waals surface area contributed by atoms with Crippen molar-refractivity contribution < 1.29 is 26.5 Å². The van der Waals surface area contributed by atoms with E-state index >= 15 is 8.78 Å². The van der Waals surface area contributed by atoms with Gasteiger partial charge in [-0.2, -0.15) is 4.31 Å². The van der Waals surface area contributed by atoms with Crippen LogP contribution >= 0.6 is 0 Å². The van der Waals surface area contributed by atoms with Crippen molar-refractivity contribution in [2.75, 3.05) is 7.11 Å². The van der Waals surface area contributed by atoms with Gasteiger partial charge in [0.25, 0.3) is 5.88 Å². The Morgan fingerprint density at radius 3 is 2.55 bits per heavy atom. The van der Waals surface area contributed by atoms with Crippen LogP contribution < -0.4 is 4.74 Å². The van der Waals surface area contributed by atoms with Gasteiger partial charge in [0.2, 0.25) is 10.0 Å². The highest BCUT2D eigenvalue weighted by atomic mass is 32.2. The Morgan fingerprint density at radius 1 is 1.15 bits per heavy atom. The van der Waals surface area contributed by atoms with Crippen molar-refractivity contribution in [3.63, 3.8) is 0 Å². The summed E-state index contributed by atoms with van der Waals surface area (Å²) in [5, 5.41) is 2.99. The first-order chi connectivity index (χ1) is 15.7.